The van der Waals surface area contributed by atoms with Crippen molar-refractivity contribution in [3.05, 3.63) is 74.3 Å². The van der Waals surface area contributed by atoms with Gasteiger partial charge in [-0.3, -0.25) is 14.6 Å². The van der Waals surface area contributed by atoms with Crippen LogP contribution < -0.4 is 16.5 Å². The first-order valence-electron chi connectivity index (χ1n) is 8.76. The molecule has 2 heterocycles. The summed E-state index contributed by atoms with van der Waals surface area (Å²) < 4.78 is 6.08. The second kappa shape index (κ2) is 8.62. The van der Waals surface area contributed by atoms with Gasteiger partial charge in [0.05, 0.1) is 10.9 Å². The smallest absolute Gasteiger partial charge is 0.287 e. The zero-order chi connectivity index (χ0) is 20.1. The number of rotatable bonds is 6. The van der Waals surface area contributed by atoms with Crippen LogP contribution >= 0.6 is 12.2 Å². The van der Waals surface area contributed by atoms with Crippen molar-refractivity contribution in [1.82, 2.24) is 10.3 Å². The molecule has 0 radical (unpaired) electrons. The van der Waals surface area contributed by atoms with Crippen LogP contribution in [0, 0.1) is 11.6 Å². The number of aromatic amines is 1. The molecule has 0 aliphatic carbocycles. The Morgan fingerprint density at radius 3 is 2.93 bits per heavy atom. The molecule has 1 aromatic carbocycles. The molecule has 1 amide bonds. The molecule has 144 valence electrons. The molecule has 3 rings (SSSR count). The topological polar surface area (TPSA) is 113 Å². The molecular weight excluding hydrogens is 376 g/mol. The first kappa shape index (κ1) is 19.5. The summed E-state index contributed by atoms with van der Waals surface area (Å²) in [5.74, 6) is -0.106. The molecule has 2 aromatic heterocycles. The Hall–Kier alpha value is -3.26. The summed E-state index contributed by atoms with van der Waals surface area (Å²) >= 11 is 5.16. The highest BCUT2D eigenvalue weighted by molar-refractivity contribution is 7.71. The molecule has 3 aromatic rings. The van der Waals surface area contributed by atoms with Crippen LogP contribution in [0.5, 0.6) is 0 Å². The van der Waals surface area contributed by atoms with Crippen molar-refractivity contribution in [2.75, 3.05) is 13.1 Å². The molecule has 28 heavy (non-hydrogen) atoms. The van der Waals surface area contributed by atoms with Crippen LogP contribution in [0.3, 0.4) is 0 Å². The number of H-pyrrole nitrogens is 1. The predicted octanol–water partition coefficient (Wildman–Crippen LogP) is 2.68. The fraction of sp³-hybridized carbons (Fsp3) is 0.200. The number of nitrogens with zero attached hydrogens (tertiary/aromatic N) is 1. The molecule has 0 atom stereocenters. The average Bonchev–Trinajstić information content (AvgIpc) is 2.68. The maximum Gasteiger partial charge on any atom is 0.287 e. The number of aryl methyl sites for hydroxylation is 1. The summed E-state index contributed by atoms with van der Waals surface area (Å²) in [6, 6.07) is 10.1. The summed E-state index contributed by atoms with van der Waals surface area (Å²) in [6.07, 6.45) is 2.30. The third kappa shape index (κ3) is 4.52. The van der Waals surface area contributed by atoms with Crippen LogP contribution in [0.15, 0.2) is 56.8 Å². The van der Waals surface area contributed by atoms with Gasteiger partial charge in [0, 0.05) is 25.4 Å². The van der Waals surface area contributed by atoms with Gasteiger partial charge in [-0.1, -0.05) is 23.8 Å². The Balaban J connectivity index is 1.58. The van der Waals surface area contributed by atoms with Crippen LogP contribution in [0.1, 0.15) is 28.1 Å². The molecule has 0 aliphatic heterocycles. The van der Waals surface area contributed by atoms with Crippen LogP contribution in [0.4, 0.5) is 0 Å². The minimum atomic E-state index is -0.443. The monoisotopic (exact) mass is 396 g/mol. The molecule has 4 N–H and O–H groups in total. The summed E-state index contributed by atoms with van der Waals surface area (Å²) in [5, 5.41) is 3.18. The molecule has 0 aliphatic rings. The fourth-order valence-corrected chi connectivity index (χ4v) is 2.90. The third-order valence-corrected chi connectivity index (χ3v) is 4.44. The van der Waals surface area contributed by atoms with E-state index < -0.39 is 5.91 Å². The van der Waals surface area contributed by atoms with Gasteiger partial charge >= 0.3 is 0 Å². The molecule has 0 saturated heterocycles. The highest BCUT2D eigenvalue weighted by Gasteiger charge is 2.12. The number of carbonyl (C=O) groups is 1. The molecule has 0 unspecified atom stereocenters. The van der Waals surface area contributed by atoms with Gasteiger partial charge in [-0.05, 0) is 37.6 Å². The fourth-order valence-electron chi connectivity index (χ4n) is 2.66. The van der Waals surface area contributed by atoms with Gasteiger partial charge < -0.3 is 20.5 Å². The lowest BCUT2D eigenvalue weighted by molar-refractivity contribution is 0.0926. The number of amides is 1. The van der Waals surface area contributed by atoms with E-state index in [2.05, 4.69) is 15.3 Å². The SMILES string of the molecule is Cc1ccc2oc(C(=O)NCCCN=C(N)c3ccc[nH]c3=S)cc(=O)c2c1. The largest absolute Gasteiger partial charge is 0.451 e. The third-order valence-electron chi connectivity index (χ3n) is 4.10. The zero-order valence-electron chi connectivity index (χ0n) is 15.3. The number of hydrogen-bond acceptors (Lipinski definition) is 5. The summed E-state index contributed by atoms with van der Waals surface area (Å²) in [7, 11) is 0. The van der Waals surface area contributed by atoms with Gasteiger partial charge in [-0.25, -0.2) is 0 Å². The van der Waals surface area contributed by atoms with Gasteiger partial charge in [0.2, 0.25) is 0 Å². The minimum Gasteiger partial charge on any atom is -0.451 e. The van der Waals surface area contributed by atoms with E-state index in [1.165, 1.54) is 6.07 Å². The van der Waals surface area contributed by atoms with Crippen molar-refractivity contribution in [1.29, 1.82) is 0 Å². The van der Waals surface area contributed by atoms with E-state index in [1.807, 2.05) is 13.0 Å². The van der Waals surface area contributed by atoms with Crippen LogP contribution in [-0.2, 0) is 0 Å². The molecule has 0 saturated carbocycles. The maximum atomic E-state index is 12.2. The molecule has 0 fully saturated rings. The lowest BCUT2D eigenvalue weighted by Crippen LogP contribution is -2.26. The Morgan fingerprint density at radius 2 is 2.14 bits per heavy atom. The molecule has 7 nitrogen and oxygen atoms in total. The summed E-state index contributed by atoms with van der Waals surface area (Å²) in [4.78, 5) is 31.6. The van der Waals surface area contributed by atoms with E-state index in [9.17, 15) is 9.59 Å². The van der Waals surface area contributed by atoms with Crippen LogP contribution in [-0.4, -0.2) is 29.8 Å². The van der Waals surface area contributed by atoms with E-state index in [0.717, 1.165) is 5.56 Å². The van der Waals surface area contributed by atoms with E-state index in [0.29, 0.717) is 46.5 Å². The molecule has 0 bridgehead atoms. The van der Waals surface area contributed by atoms with Gasteiger partial charge in [0.1, 0.15) is 16.1 Å². The second-order valence-corrected chi connectivity index (χ2v) is 6.67. The number of pyridine rings is 1. The maximum absolute atomic E-state index is 12.2. The van der Waals surface area contributed by atoms with E-state index in [4.69, 9.17) is 22.4 Å². The quantitative estimate of drug-likeness (QED) is 0.257. The first-order valence-corrected chi connectivity index (χ1v) is 9.17. The van der Waals surface area contributed by atoms with E-state index in [-0.39, 0.29) is 11.2 Å². The number of benzene rings is 1. The Bertz CT molecular complexity index is 1160. The lowest BCUT2D eigenvalue weighted by Gasteiger charge is -2.05. The Kier molecular flexibility index (Phi) is 6.00. The number of aliphatic imine (C=N–C) groups is 1. The van der Waals surface area contributed by atoms with Gasteiger partial charge in [0.15, 0.2) is 11.2 Å². The van der Waals surface area contributed by atoms with Crippen molar-refractivity contribution in [2.24, 2.45) is 10.7 Å². The van der Waals surface area contributed by atoms with Crippen molar-refractivity contribution in [2.45, 2.75) is 13.3 Å². The zero-order valence-corrected chi connectivity index (χ0v) is 16.1. The Morgan fingerprint density at radius 1 is 1.32 bits per heavy atom. The summed E-state index contributed by atoms with van der Waals surface area (Å²) in [5.41, 5.74) is 7.71. The minimum absolute atomic E-state index is 0.0139. The van der Waals surface area contributed by atoms with E-state index >= 15 is 0 Å². The van der Waals surface area contributed by atoms with Crippen molar-refractivity contribution < 1.29 is 9.21 Å². The van der Waals surface area contributed by atoms with Gasteiger partial charge in [-0.15, -0.1) is 0 Å². The number of fused-ring (bicyclic) bond motifs is 1. The van der Waals surface area contributed by atoms with Crippen molar-refractivity contribution >= 4 is 34.9 Å². The Labute approximate surface area is 166 Å². The first-order chi connectivity index (χ1) is 13.5. The molecule has 8 heteroatoms. The summed E-state index contributed by atoms with van der Waals surface area (Å²) in [6.45, 7) is 2.68. The number of hydrogen-bond donors (Lipinski definition) is 3. The second-order valence-electron chi connectivity index (χ2n) is 6.26. The predicted molar refractivity (Wildman–Crippen MR) is 111 cm³/mol. The molecule has 0 spiro atoms. The normalized spacial score (nSPS) is 11.5. The number of nitrogens with one attached hydrogen (secondary N) is 2. The number of amidine groups is 1. The standard InChI is InChI=1S/C20H20N4O3S/c1-12-5-6-16-14(10-12)15(25)11-17(27-16)19(26)23-9-3-8-22-18(21)13-4-2-7-24-20(13)28/h2,4-7,10-11H,3,8-9H2,1H3,(H2,21,22)(H,23,26)(H,24,28). The highest BCUT2D eigenvalue weighted by atomic mass is 32.1. The molecular formula is C20H20N4O3S. The van der Waals surface area contributed by atoms with Gasteiger partial charge in [0.25, 0.3) is 5.91 Å². The number of carbonyl (C=O) groups excluding carboxylic acids is 1. The highest BCUT2D eigenvalue weighted by Crippen LogP contribution is 2.14. The van der Waals surface area contributed by atoms with Gasteiger partial charge in [-0.2, -0.15) is 0 Å². The lowest BCUT2D eigenvalue weighted by atomic mass is 10.1. The van der Waals surface area contributed by atoms with Crippen LogP contribution in [0.25, 0.3) is 11.0 Å². The average molecular weight is 396 g/mol. The van der Waals surface area contributed by atoms with Crippen molar-refractivity contribution in [3.63, 3.8) is 0 Å². The number of nitrogens with two attached hydrogens (primary N) is 1. The van der Waals surface area contributed by atoms with Crippen LogP contribution in [0.2, 0.25) is 0 Å². The van der Waals surface area contributed by atoms with E-state index in [1.54, 1.807) is 30.5 Å². The number of aromatic nitrogens is 1. The van der Waals surface area contributed by atoms with Crippen molar-refractivity contribution in [3.8, 4) is 0 Å².